The topological polar surface area (TPSA) is 85.5 Å². The van der Waals surface area contributed by atoms with Gasteiger partial charge in [0.15, 0.2) is 11.5 Å². The summed E-state index contributed by atoms with van der Waals surface area (Å²) in [5.41, 5.74) is 6.19. The van der Waals surface area contributed by atoms with E-state index in [9.17, 15) is 13.2 Å². The Kier molecular flexibility index (Phi) is 11.1. The SMILES string of the molecule is COc1cc2nc(CCCCCCCCN3CCCCC3)nc(N[C@H](C)c3cc(N)cc(C(F)(F)F)c3)c2cc1OC. The quantitative estimate of drug-likeness (QED) is 0.147. The predicted molar refractivity (Wildman–Crippen MR) is 162 cm³/mol. The molecule has 42 heavy (non-hydrogen) atoms. The molecule has 1 fully saturated rings. The van der Waals surface area contributed by atoms with Crippen LogP contribution in [-0.4, -0.2) is 48.7 Å². The highest BCUT2D eigenvalue weighted by Crippen LogP contribution is 2.37. The fraction of sp³-hybridized carbons (Fsp3) is 0.562. The van der Waals surface area contributed by atoms with Crippen LogP contribution in [0.25, 0.3) is 10.9 Å². The van der Waals surface area contributed by atoms with E-state index in [0.29, 0.717) is 46.0 Å². The number of fused-ring (bicyclic) bond motifs is 1. The molecule has 1 atom stereocenters. The molecule has 0 radical (unpaired) electrons. The first-order valence-corrected chi connectivity index (χ1v) is 15.1. The Morgan fingerprint density at radius 3 is 2.24 bits per heavy atom. The van der Waals surface area contributed by atoms with Crippen molar-refractivity contribution in [1.29, 1.82) is 0 Å². The normalized spacial score (nSPS) is 15.1. The number of piperidine rings is 1. The second-order valence-electron chi connectivity index (χ2n) is 11.2. The first-order valence-electron chi connectivity index (χ1n) is 15.1. The molecule has 0 aliphatic carbocycles. The average molecular weight is 588 g/mol. The van der Waals surface area contributed by atoms with Gasteiger partial charge in [0.05, 0.1) is 31.3 Å². The summed E-state index contributed by atoms with van der Waals surface area (Å²) in [5, 5.41) is 4.01. The van der Waals surface area contributed by atoms with E-state index < -0.39 is 17.8 Å². The van der Waals surface area contributed by atoms with Gasteiger partial charge in [-0.05, 0) is 82.1 Å². The maximum Gasteiger partial charge on any atom is 0.416 e. The van der Waals surface area contributed by atoms with Crippen LogP contribution < -0.4 is 20.5 Å². The molecule has 0 bridgehead atoms. The Bertz CT molecular complexity index is 1310. The lowest BCUT2D eigenvalue weighted by atomic mass is 10.0. The van der Waals surface area contributed by atoms with Crippen LogP contribution >= 0.6 is 0 Å². The molecule has 4 rings (SSSR count). The Labute approximate surface area is 247 Å². The van der Waals surface area contributed by atoms with Crippen molar-refractivity contribution in [3.8, 4) is 11.5 Å². The van der Waals surface area contributed by atoms with Crippen molar-refractivity contribution in [2.75, 3.05) is 44.9 Å². The lowest BCUT2D eigenvalue weighted by molar-refractivity contribution is -0.137. The van der Waals surface area contributed by atoms with Crippen LogP contribution in [0, 0.1) is 0 Å². The number of rotatable bonds is 14. The van der Waals surface area contributed by atoms with Crippen LogP contribution in [0.3, 0.4) is 0 Å². The summed E-state index contributed by atoms with van der Waals surface area (Å²) >= 11 is 0. The number of alkyl halides is 3. The molecular weight excluding hydrogens is 543 g/mol. The number of aromatic nitrogens is 2. The minimum atomic E-state index is -4.49. The van der Waals surface area contributed by atoms with E-state index in [4.69, 9.17) is 25.2 Å². The van der Waals surface area contributed by atoms with Gasteiger partial charge < -0.3 is 25.4 Å². The van der Waals surface area contributed by atoms with Gasteiger partial charge >= 0.3 is 6.18 Å². The molecule has 1 aliphatic rings. The van der Waals surface area contributed by atoms with Gasteiger partial charge in [-0.2, -0.15) is 13.2 Å². The third-order valence-corrected chi connectivity index (χ3v) is 7.98. The molecule has 230 valence electrons. The molecule has 3 aromatic rings. The van der Waals surface area contributed by atoms with Crippen LogP contribution in [0.5, 0.6) is 11.5 Å². The van der Waals surface area contributed by atoms with E-state index in [1.54, 1.807) is 39.3 Å². The highest BCUT2D eigenvalue weighted by Gasteiger charge is 2.31. The summed E-state index contributed by atoms with van der Waals surface area (Å²) < 4.78 is 51.3. The van der Waals surface area contributed by atoms with Crippen molar-refractivity contribution in [2.45, 2.75) is 83.4 Å². The summed E-state index contributed by atoms with van der Waals surface area (Å²) in [6, 6.07) is 6.71. The third kappa shape index (κ3) is 8.63. The van der Waals surface area contributed by atoms with Gasteiger partial charge in [-0.3, -0.25) is 0 Å². The van der Waals surface area contributed by atoms with E-state index in [0.717, 1.165) is 25.0 Å². The Morgan fingerprint density at radius 2 is 1.55 bits per heavy atom. The summed E-state index contributed by atoms with van der Waals surface area (Å²) in [4.78, 5) is 12.2. The second-order valence-corrected chi connectivity index (χ2v) is 11.2. The molecule has 2 aromatic carbocycles. The summed E-state index contributed by atoms with van der Waals surface area (Å²) in [6.07, 6.45) is 7.27. The lowest BCUT2D eigenvalue weighted by Crippen LogP contribution is -2.30. The molecule has 10 heteroatoms. The van der Waals surface area contributed by atoms with Crippen LogP contribution in [-0.2, 0) is 12.6 Å². The van der Waals surface area contributed by atoms with E-state index in [2.05, 4.69) is 10.2 Å². The van der Waals surface area contributed by atoms with E-state index in [-0.39, 0.29) is 5.69 Å². The Balaban J connectivity index is 1.44. The van der Waals surface area contributed by atoms with Crippen LogP contribution in [0.1, 0.15) is 87.7 Å². The highest BCUT2D eigenvalue weighted by atomic mass is 19.4. The number of nitrogens with one attached hydrogen (secondary N) is 1. The number of unbranched alkanes of at least 4 members (excludes halogenated alkanes) is 5. The lowest BCUT2D eigenvalue weighted by Gasteiger charge is -2.26. The minimum absolute atomic E-state index is 0.0552. The maximum atomic E-state index is 13.4. The Morgan fingerprint density at radius 1 is 0.881 bits per heavy atom. The fourth-order valence-electron chi connectivity index (χ4n) is 5.61. The van der Waals surface area contributed by atoms with Crippen molar-refractivity contribution < 1.29 is 22.6 Å². The molecule has 0 unspecified atom stereocenters. The molecule has 2 heterocycles. The number of methoxy groups -OCH3 is 2. The zero-order chi connectivity index (χ0) is 30.1. The minimum Gasteiger partial charge on any atom is -0.493 e. The number of ether oxygens (including phenoxy) is 2. The number of nitrogen functional groups attached to an aromatic ring is 1. The predicted octanol–water partition coefficient (Wildman–Crippen LogP) is 7.79. The average Bonchev–Trinajstić information content (AvgIpc) is 2.97. The molecule has 3 N–H and O–H groups in total. The molecular formula is C32H44F3N5O2. The number of nitrogens with two attached hydrogens (primary N) is 1. The van der Waals surface area contributed by atoms with Crippen LogP contribution in [0.2, 0.25) is 0 Å². The van der Waals surface area contributed by atoms with Crippen molar-refractivity contribution >= 4 is 22.4 Å². The molecule has 7 nitrogen and oxygen atoms in total. The fourth-order valence-corrected chi connectivity index (χ4v) is 5.61. The van der Waals surface area contributed by atoms with Crippen molar-refractivity contribution in [3.05, 3.63) is 47.3 Å². The van der Waals surface area contributed by atoms with Crippen molar-refractivity contribution in [3.63, 3.8) is 0 Å². The summed E-state index contributed by atoms with van der Waals surface area (Å²) in [7, 11) is 3.12. The molecule has 0 spiro atoms. The van der Waals surface area contributed by atoms with Gasteiger partial charge in [-0.1, -0.05) is 32.1 Å². The first-order chi connectivity index (χ1) is 20.2. The second kappa shape index (κ2) is 14.8. The van der Waals surface area contributed by atoms with Gasteiger partial charge in [0.1, 0.15) is 11.6 Å². The van der Waals surface area contributed by atoms with E-state index >= 15 is 0 Å². The number of nitrogens with zero attached hydrogens (tertiary/aromatic N) is 3. The first kappa shape index (κ1) is 31.7. The Hall–Kier alpha value is -3.27. The van der Waals surface area contributed by atoms with Gasteiger partial charge in [-0.15, -0.1) is 0 Å². The largest absolute Gasteiger partial charge is 0.493 e. The molecule has 1 saturated heterocycles. The number of benzene rings is 2. The van der Waals surface area contributed by atoms with Crippen LogP contribution in [0.15, 0.2) is 30.3 Å². The van der Waals surface area contributed by atoms with Crippen LogP contribution in [0.4, 0.5) is 24.7 Å². The molecule has 1 aliphatic heterocycles. The number of hydrogen-bond donors (Lipinski definition) is 2. The summed E-state index contributed by atoms with van der Waals surface area (Å²) in [6.45, 7) is 5.52. The van der Waals surface area contributed by atoms with Crippen molar-refractivity contribution in [2.24, 2.45) is 0 Å². The molecule has 1 aromatic heterocycles. The number of anilines is 2. The number of hydrogen-bond acceptors (Lipinski definition) is 7. The number of likely N-dealkylation sites (tertiary alicyclic amines) is 1. The number of aryl methyl sites for hydroxylation is 1. The van der Waals surface area contributed by atoms with E-state index in [1.807, 2.05) is 0 Å². The monoisotopic (exact) mass is 587 g/mol. The van der Waals surface area contributed by atoms with Gasteiger partial charge in [0.2, 0.25) is 0 Å². The number of halogens is 3. The van der Waals surface area contributed by atoms with Gasteiger partial charge in [0, 0.05) is 23.6 Å². The molecule has 0 amide bonds. The zero-order valence-electron chi connectivity index (χ0n) is 25.0. The van der Waals surface area contributed by atoms with E-state index in [1.165, 1.54) is 64.6 Å². The van der Waals surface area contributed by atoms with Crippen molar-refractivity contribution in [1.82, 2.24) is 14.9 Å². The molecule has 0 saturated carbocycles. The standard InChI is InChI=1S/C32H44F3N5O2/c1-22(23-17-24(32(33,34)35)19-25(36)18-23)37-31-26-20-28(41-2)29(42-3)21-27(26)38-30(39-31)13-9-6-4-5-7-10-14-40-15-11-8-12-16-40/h17-22H,4-16,36H2,1-3H3,(H,37,38,39)/t22-/m1/s1. The smallest absolute Gasteiger partial charge is 0.416 e. The zero-order valence-corrected chi connectivity index (χ0v) is 25.0. The highest BCUT2D eigenvalue weighted by molar-refractivity contribution is 5.92. The summed E-state index contributed by atoms with van der Waals surface area (Å²) in [5.74, 6) is 2.26. The van der Waals surface area contributed by atoms with Gasteiger partial charge in [-0.25, -0.2) is 9.97 Å². The maximum absolute atomic E-state index is 13.4. The third-order valence-electron chi connectivity index (χ3n) is 7.98. The van der Waals surface area contributed by atoms with Gasteiger partial charge in [0.25, 0.3) is 0 Å².